The molecule has 6 nitrogen and oxygen atoms in total. The van der Waals surface area contributed by atoms with Crippen LogP contribution in [0.1, 0.15) is 46.1 Å². The number of aromatic nitrogens is 4. The molecule has 0 unspecified atom stereocenters. The maximum atomic E-state index is 12.8. The molecule has 3 heterocycles. The van der Waals surface area contributed by atoms with Gasteiger partial charge >= 0.3 is 0 Å². The minimum absolute atomic E-state index is 0.0232. The maximum Gasteiger partial charge on any atom is 0.257 e. The van der Waals surface area contributed by atoms with Gasteiger partial charge in [0.25, 0.3) is 5.91 Å². The number of hydrogen-bond donors (Lipinski definition) is 1. The summed E-state index contributed by atoms with van der Waals surface area (Å²) in [4.78, 5) is 22.8. The monoisotopic (exact) mass is 361 g/mol. The number of carbonyl (C=O) groups excluding carboxylic acids is 1. The van der Waals surface area contributed by atoms with Crippen molar-refractivity contribution in [3.63, 3.8) is 0 Å². The molecule has 4 rings (SSSR count). The van der Waals surface area contributed by atoms with Crippen LogP contribution in [0.25, 0.3) is 11.1 Å². The number of aromatic amines is 1. The van der Waals surface area contributed by atoms with Crippen LogP contribution in [0.3, 0.4) is 0 Å². The Balaban J connectivity index is 1.49. The first-order chi connectivity index (χ1) is 13.1. The molecule has 6 heteroatoms. The minimum Gasteiger partial charge on any atom is -0.338 e. The molecular weight excluding hydrogens is 338 g/mol. The van der Waals surface area contributed by atoms with Gasteiger partial charge in [0.15, 0.2) is 0 Å². The van der Waals surface area contributed by atoms with Crippen LogP contribution in [-0.4, -0.2) is 44.1 Å². The zero-order valence-electron chi connectivity index (χ0n) is 15.6. The second-order valence-corrected chi connectivity index (χ2v) is 7.16. The first-order valence-corrected chi connectivity index (χ1v) is 9.29. The third-order valence-corrected chi connectivity index (χ3v) is 5.33. The van der Waals surface area contributed by atoms with Gasteiger partial charge < -0.3 is 4.90 Å². The summed E-state index contributed by atoms with van der Waals surface area (Å²) in [5, 5.41) is 7.50. The van der Waals surface area contributed by atoms with Crippen LogP contribution in [-0.2, 0) is 0 Å². The Hall–Kier alpha value is -3.02. The van der Waals surface area contributed by atoms with E-state index in [1.165, 1.54) is 23.1 Å². The Kier molecular flexibility index (Phi) is 4.71. The van der Waals surface area contributed by atoms with Gasteiger partial charge in [0.1, 0.15) is 6.33 Å². The SMILES string of the molecule is Cc1cccc(-c2cn[nH]c2C2CCN(C(=O)c3cncnc3C)CC2)c1. The fourth-order valence-corrected chi connectivity index (χ4v) is 3.79. The summed E-state index contributed by atoms with van der Waals surface area (Å²) in [5.74, 6) is 0.398. The topological polar surface area (TPSA) is 74.8 Å². The highest BCUT2D eigenvalue weighted by Crippen LogP contribution is 2.34. The Labute approximate surface area is 158 Å². The van der Waals surface area contributed by atoms with Gasteiger partial charge in [-0.25, -0.2) is 9.97 Å². The van der Waals surface area contributed by atoms with E-state index in [9.17, 15) is 4.79 Å². The Morgan fingerprint density at radius 2 is 2.00 bits per heavy atom. The summed E-state index contributed by atoms with van der Waals surface area (Å²) >= 11 is 0. The summed E-state index contributed by atoms with van der Waals surface area (Å²) in [6.07, 6.45) is 6.83. The van der Waals surface area contributed by atoms with E-state index < -0.39 is 0 Å². The molecule has 2 aromatic heterocycles. The highest BCUT2D eigenvalue weighted by atomic mass is 16.2. The quantitative estimate of drug-likeness (QED) is 0.775. The molecule has 138 valence electrons. The number of hydrogen-bond acceptors (Lipinski definition) is 4. The number of piperidine rings is 1. The first kappa shape index (κ1) is 17.4. The lowest BCUT2D eigenvalue weighted by molar-refractivity contribution is 0.0710. The lowest BCUT2D eigenvalue weighted by Crippen LogP contribution is -2.38. The Morgan fingerprint density at radius 1 is 1.19 bits per heavy atom. The molecule has 0 aliphatic carbocycles. The number of aryl methyl sites for hydroxylation is 2. The van der Waals surface area contributed by atoms with Crippen LogP contribution in [0, 0.1) is 13.8 Å². The molecule has 1 aliphatic heterocycles. The Bertz CT molecular complexity index is 956. The maximum absolute atomic E-state index is 12.8. The normalized spacial score (nSPS) is 15.1. The van der Waals surface area contributed by atoms with Gasteiger partial charge in [0, 0.05) is 36.5 Å². The van der Waals surface area contributed by atoms with Gasteiger partial charge in [-0.2, -0.15) is 5.10 Å². The van der Waals surface area contributed by atoms with Crippen molar-refractivity contribution in [3.05, 3.63) is 65.5 Å². The second kappa shape index (κ2) is 7.31. The summed E-state index contributed by atoms with van der Waals surface area (Å²) in [5.41, 5.74) is 6.09. The van der Waals surface area contributed by atoms with Gasteiger partial charge in [-0.15, -0.1) is 0 Å². The van der Waals surface area contributed by atoms with Crippen LogP contribution in [0.4, 0.5) is 0 Å². The molecule has 1 fully saturated rings. The molecule has 1 aromatic carbocycles. The lowest BCUT2D eigenvalue weighted by atomic mass is 9.89. The average molecular weight is 361 g/mol. The molecule has 1 N–H and O–H groups in total. The Morgan fingerprint density at radius 3 is 2.74 bits per heavy atom. The predicted molar refractivity (Wildman–Crippen MR) is 103 cm³/mol. The summed E-state index contributed by atoms with van der Waals surface area (Å²) < 4.78 is 0. The second-order valence-electron chi connectivity index (χ2n) is 7.16. The van der Waals surface area contributed by atoms with E-state index in [0.717, 1.165) is 37.2 Å². The lowest BCUT2D eigenvalue weighted by Gasteiger charge is -2.32. The summed E-state index contributed by atoms with van der Waals surface area (Å²) in [7, 11) is 0. The van der Waals surface area contributed by atoms with E-state index in [1.807, 2.05) is 18.0 Å². The zero-order chi connectivity index (χ0) is 18.8. The molecule has 27 heavy (non-hydrogen) atoms. The van der Waals surface area contributed by atoms with Crippen molar-refractivity contribution >= 4 is 5.91 Å². The van der Waals surface area contributed by atoms with Gasteiger partial charge in [-0.05, 0) is 32.3 Å². The molecule has 0 bridgehead atoms. The number of nitrogens with one attached hydrogen (secondary N) is 1. The van der Waals surface area contributed by atoms with Crippen molar-refractivity contribution in [1.29, 1.82) is 0 Å². The highest BCUT2D eigenvalue weighted by molar-refractivity contribution is 5.95. The van der Waals surface area contributed by atoms with Crippen molar-refractivity contribution in [3.8, 4) is 11.1 Å². The summed E-state index contributed by atoms with van der Waals surface area (Å²) in [6, 6.07) is 8.49. The largest absolute Gasteiger partial charge is 0.338 e. The molecule has 1 aliphatic rings. The molecular formula is C21H23N5O. The van der Waals surface area contributed by atoms with E-state index in [4.69, 9.17) is 0 Å². The number of nitrogens with zero attached hydrogens (tertiary/aromatic N) is 4. The number of benzene rings is 1. The fraction of sp³-hybridized carbons (Fsp3) is 0.333. The molecule has 0 radical (unpaired) electrons. The third-order valence-electron chi connectivity index (χ3n) is 5.33. The molecule has 0 saturated carbocycles. The first-order valence-electron chi connectivity index (χ1n) is 9.29. The summed E-state index contributed by atoms with van der Waals surface area (Å²) in [6.45, 7) is 5.40. The van der Waals surface area contributed by atoms with Crippen molar-refractivity contribution in [2.45, 2.75) is 32.6 Å². The van der Waals surface area contributed by atoms with E-state index in [1.54, 1.807) is 6.20 Å². The van der Waals surface area contributed by atoms with Crippen LogP contribution < -0.4 is 0 Å². The highest BCUT2D eigenvalue weighted by Gasteiger charge is 2.28. The molecule has 3 aromatic rings. The minimum atomic E-state index is 0.0232. The van der Waals surface area contributed by atoms with Crippen molar-refractivity contribution in [2.24, 2.45) is 0 Å². The average Bonchev–Trinajstić information content (AvgIpc) is 3.18. The smallest absolute Gasteiger partial charge is 0.257 e. The van der Waals surface area contributed by atoms with Crippen LogP contribution >= 0.6 is 0 Å². The number of likely N-dealkylation sites (tertiary alicyclic amines) is 1. The molecule has 0 spiro atoms. The van der Waals surface area contributed by atoms with E-state index >= 15 is 0 Å². The van der Waals surface area contributed by atoms with E-state index in [2.05, 4.69) is 51.4 Å². The van der Waals surface area contributed by atoms with Gasteiger partial charge in [-0.1, -0.05) is 29.8 Å². The van der Waals surface area contributed by atoms with Crippen molar-refractivity contribution in [1.82, 2.24) is 25.1 Å². The third kappa shape index (κ3) is 3.47. The van der Waals surface area contributed by atoms with Crippen LogP contribution in [0.2, 0.25) is 0 Å². The van der Waals surface area contributed by atoms with Gasteiger partial charge in [0.05, 0.1) is 17.5 Å². The number of H-pyrrole nitrogens is 1. The molecule has 0 atom stereocenters. The number of rotatable bonds is 3. The predicted octanol–water partition coefficient (Wildman–Crippen LogP) is 3.50. The van der Waals surface area contributed by atoms with E-state index in [-0.39, 0.29) is 5.91 Å². The van der Waals surface area contributed by atoms with Gasteiger partial charge in [-0.3, -0.25) is 9.89 Å². The van der Waals surface area contributed by atoms with Crippen LogP contribution in [0.15, 0.2) is 43.0 Å². The fourth-order valence-electron chi connectivity index (χ4n) is 3.79. The number of carbonyl (C=O) groups is 1. The standard InChI is InChI=1S/C21H23N5O/c1-14-4-3-5-17(10-14)19-12-24-25-20(19)16-6-8-26(9-7-16)21(27)18-11-22-13-23-15(18)2/h3-5,10-13,16H,6-9H2,1-2H3,(H,24,25). The van der Waals surface area contributed by atoms with Crippen molar-refractivity contribution < 1.29 is 4.79 Å². The zero-order valence-corrected chi connectivity index (χ0v) is 15.6. The number of amides is 1. The van der Waals surface area contributed by atoms with E-state index in [0.29, 0.717) is 11.5 Å². The van der Waals surface area contributed by atoms with Gasteiger partial charge in [0.2, 0.25) is 0 Å². The van der Waals surface area contributed by atoms with Crippen LogP contribution in [0.5, 0.6) is 0 Å². The van der Waals surface area contributed by atoms with Crippen molar-refractivity contribution in [2.75, 3.05) is 13.1 Å². The molecule has 1 saturated heterocycles. The molecule has 1 amide bonds.